The van der Waals surface area contributed by atoms with E-state index in [1.807, 2.05) is 30.3 Å². The van der Waals surface area contributed by atoms with Crippen LogP contribution in [0.2, 0.25) is 5.02 Å². The third kappa shape index (κ3) is 6.25. The molecule has 1 aliphatic heterocycles. The molecule has 3 aromatic rings. The Bertz CT molecular complexity index is 978. The molecule has 0 spiro atoms. The monoisotopic (exact) mass is 439 g/mol. The van der Waals surface area contributed by atoms with Crippen LogP contribution in [0.15, 0.2) is 54.7 Å². The molecule has 1 fully saturated rings. The Hall–Kier alpha value is -2.50. The molecule has 31 heavy (non-hydrogen) atoms. The number of aromatic nitrogens is 1. The van der Waals surface area contributed by atoms with Crippen molar-refractivity contribution in [2.24, 2.45) is 0 Å². The zero-order chi connectivity index (χ0) is 21.5. The molecule has 5 nitrogen and oxygen atoms in total. The van der Waals surface area contributed by atoms with Crippen LogP contribution in [0.1, 0.15) is 31.2 Å². The van der Waals surface area contributed by atoms with Gasteiger partial charge in [0.05, 0.1) is 0 Å². The number of ether oxygens (including phenoxy) is 1. The fourth-order valence-electron chi connectivity index (χ4n) is 4.20. The summed E-state index contributed by atoms with van der Waals surface area (Å²) in [7, 11) is 0. The van der Waals surface area contributed by atoms with Crippen molar-refractivity contribution in [2.45, 2.75) is 38.1 Å². The third-order valence-corrected chi connectivity index (χ3v) is 6.22. The summed E-state index contributed by atoms with van der Waals surface area (Å²) < 4.78 is 5.78. The highest BCUT2D eigenvalue weighted by molar-refractivity contribution is 6.30. The number of likely N-dealkylation sites (tertiary alicyclic amines) is 1. The van der Waals surface area contributed by atoms with Crippen molar-refractivity contribution >= 4 is 28.4 Å². The molecule has 0 unspecified atom stereocenters. The molecule has 2 aromatic carbocycles. The Labute approximate surface area is 188 Å². The number of carbonyl (C=O) groups is 1. The van der Waals surface area contributed by atoms with Gasteiger partial charge in [-0.3, -0.25) is 9.69 Å². The molecular formula is C25H30ClN3O2. The number of fused-ring (bicyclic) bond motifs is 1. The topological polar surface area (TPSA) is 57.4 Å². The van der Waals surface area contributed by atoms with Gasteiger partial charge in [0.2, 0.25) is 5.91 Å². The van der Waals surface area contributed by atoms with Gasteiger partial charge in [-0.05, 0) is 61.6 Å². The number of rotatable bonds is 9. The maximum absolute atomic E-state index is 12.4. The minimum absolute atomic E-state index is 0.171. The number of para-hydroxylation sites is 1. The van der Waals surface area contributed by atoms with Gasteiger partial charge in [0, 0.05) is 54.2 Å². The number of H-pyrrole nitrogens is 1. The fraction of sp³-hybridized carbons (Fsp3) is 0.400. The van der Waals surface area contributed by atoms with Gasteiger partial charge in [-0.1, -0.05) is 29.8 Å². The number of hydrogen-bond donors (Lipinski definition) is 2. The Morgan fingerprint density at radius 2 is 1.90 bits per heavy atom. The highest BCUT2D eigenvalue weighted by Gasteiger charge is 2.20. The Balaban J connectivity index is 1.10. The maximum atomic E-state index is 12.4. The Morgan fingerprint density at radius 3 is 2.71 bits per heavy atom. The van der Waals surface area contributed by atoms with Gasteiger partial charge in [0.15, 0.2) is 0 Å². The number of hydrogen-bond acceptors (Lipinski definition) is 3. The van der Waals surface area contributed by atoms with E-state index in [9.17, 15) is 4.79 Å². The fourth-order valence-corrected chi connectivity index (χ4v) is 4.33. The first-order valence-corrected chi connectivity index (χ1v) is 11.5. The van der Waals surface area contributed by atoms with Gasteiger partial charge in [0.25, 0.3) is 0 Å². The molecule has 1 aromatic heterocycles. The number of amides is 1. The second kappa shape index (κ2) is 10.7. The number of piperidine rings is 1. The molecule has 0 aliphatic carbocycles. The van der Waals surface area contributed by atoms with Crippen molar-refractivity contribution in [2.75, 3.05) is 26.2 Å². The molecule has 0 saturated carbocycles. The molecule has 2 N–H and O–H groups in total. The molecular weight excluding hydrogens is 410 g/mol. The van der Waals surface area contributed by atoms with Crippen LogP contribution in [0.5, 0.6) is 5.75 Å². The number of nitrogens with zero attached hydrogens (tertiary/aromatic N) is 1. The summed E-state index contributed by atoms with van der Waals surface area (Å²) in [4.78, 5) is 18.1. The third-order valence-electron chi connectivity index (χ3n) is 5.97. The highest BCUT2D eigenvalue weighted by atomic mass is 35.5. The van der Waals surface area contributed by atoms with E-state index in [0.717, 1.165) is 61.6 Å². The molecule has 164 valence electrons. The molecule has 1 saturated heterocycles. The molecule has 1 aliphatic rings. The van der Waals surface area contributed by atoms with Crippen molar-refractivity contribution in [3.05, 3.63) is 65.3 Å². The average molecular weight is 440 g/mol. The van der Waals surface area contributed by atoms with Crippen LogP contribution in [-0.4, -0.2) is 48.1 Å². The predicted octanol–water partition coefficient (Wildman–Crippen LogP) is 4.80. The van der Waals surface area contributed by atoms with Crippen LogP contribution < -0.4 is 10.1 Å². The van der Waals surface area contributed by atoms with E-state index >= 15 is 0 Å². The number of aromatic amines is 1. The number of aryl methyl sites for hydroxylation is 1. The molecule has 0 radical (unpaired) electrons. The molecule has 0 bridgehead atoms. The number of nitrogens with one attached hydrogen (secondary N) is 2. The van der Waals surface area contributed by atoms with Crippen LogP contribution in [0.4, 0.5) is 0 Å². The first-order chi connectivity index (χ1) is 15.2. The van der Waals surface area contributed by atoms with Crippen molar-refractivity contribution < 1.29 is 9.53 Å². The second-order valence-corrected chi connectivity index (χ2v) is 8.64. The Morgan fingerprint density at radius 1 is 1.13 bits per heavy atom. The van der Waals surface area contributed by atoms with Gasteiger partial charge < -0.3 is 15.0 Å². The summed E-state index contributed by atoms with van der Waals surface area (Å²) >= 11 is 5.89. The van der Waals surface area contributed by atoms with Gasteiger partial charge in [-0.25, -0.2) is 0 Å². The summed E-state index contributed by atoms with van der Waals surface area (Å²) in [6.07, 6.45) is 6.42. The lowest BCUT2D eigenvalue weighted by Gasteiger charge is -2.32. The van der Waals surface area contributed by atoms with E-state index in [1.165, 1.54) is 10.9 Å². The predicted molar refractivity (Wildman–Crippen MR) is 126 cm³/mol. The minimum Gasteiger partial charge on any atom is -0.492 e. The first-order valence-electron chi connectivity index (χ1n) is 11.1. The summed E-state index contributed by atoms with van der Waals surface area (Å²) in [5.41, 5.74) is 2.45. The van der Waals surface area contributed by atoms with E-state index in [1.54, 1.807) is 0 Å². The molecule has 0 atom stereocenters. The van der Waals surface area contributed by atoms with E-state index in [2.05, 4.69) is 39.6 Å². The van der Waals surface area contributed by atoms with Crippen molar-refractivity contribution in [1.82, 2.24) is 15.2 Å². The summed E-state index contributed by atoms with van der Waals surface area (Å²) in [5, 5.41) is 5.20. The maximum Gasteiger partial charge on any atom is 0.220 e. The van der Waals surface area contributed by atoms with Crippen LogP contribution in [-0.2, 0) is 11.2 Å². The molecule has 2 heterocycles. The second-order valence-electron chi connectivity index (χ2n) is 8.20. The standard InChI is InChI=1S/C25H30ClN3O2/c26-20-8-10-22(11-9-20)31-17-16-29-14-12-21(13-15-29)28-25(30)7-3-4-19-18-27-24-6-2-1-5-23(19)24/h1-2,5-6,8-11,18,21,27H,3-4,7,12-17H2,(H,28,30). The van der Waals surface area contributed by atoms with E-state index < -0.39 is 0 Å². The summed E-state index contributed by atoms with van der Waals surface area (Å²) in [6.45, 7) is 3.54. The molecule has 6 heteroatoms. The number of carbonyl (C=O) groups excluding carboxylic acids is 1. The smallest absolute Gasteiger partial charge is 0.220 e. The van der Waals surface area contributed by atoms with Crippen molar-refractivity contribution in [3.63, 3.8) is 0 Å². The van der Waals surface area contributed by atoms with E-state index in [0.29, 0.717) is 13.0 Å². The first kappa shape index (κ1) is 21.7. The lowest BCUT2D eigenvalue weighted by Crippen LogP contribution is -2.45. The lowest BCUT2D eigenvalue weighted by molar-refractivity contribution is -0.122. The SMILES string of the molecule is O=C(CCCc1c[nH]c2ccccc12)NC1CCN(CCOc2ccc(Cl)cc2)CC1. The molecule has 1 amide bonds. The van der Waals surface area contributed by atoms with Gasteiger partial charge in [-0.2, -0.15) is 0 Å². The van der Waals surface area contributed by atoms with E-state index in [4.69, 9.17) is 16.3 Å². The minimum atomic E-state index is 0.171. The van der Waals surface area contributed by atoms with Crippen LogP contribution in [0.3, 0.4) is 0 Å². The summed E-state index contributed by atoms with van der Waals surface area (Å²) in [5.74, 6) is 1.02. The van der Waals surface area contributed by atoms with Crippen molar-refractivity contribution in [1.29, 1.82) is 0 Å². The lowest BCUT2D eigenvalue weighted by atomic mass is 10.0. The Kier molecular flexibility index (Phi) is 7.49. The van der Waals surface area contributed by atoms with Crippen LogP contribution in [0.25, 0.3) is 10.9 Å². The van der Waals surface area contributed by atoms with Crippen molar-refractivity contribution in [3.8, 4) is 5.75 Å². The van der Waals surface area contributed by atoms with Gasteiger partial charge in [-0.15, -0.1) is 0 Å². The largest absolute Gasteiger partial charge is 0.492 e. The zero-order valence-corrected chi connectivity index (χ0v) is 18.5. The molecule has 4 rings (SSSR count). The highest BCUT2D eigenvalue weighted by Crippen LogP contribution is 2.20. The van der Waals surface area contributed by atoms with Gasteiger partial charge in [0.1, 0.15) is 12.4 Å². The number of benzene rings is 2. The van der Waals surface area contributed by atoms with Gasteiger partial charge >= 0.3 is 0 Å². The van der Waals surface area contributed by atoms with Crippen LogP contribution >= 0.6 is 11.6 Å². The quantitative estimate of drug-likeness (QED) is 0.503. The number of halogens is 1. The van der Waals surface area contributed by atoms with E-state index in [-0.39, 0.29) is 11.9 Å². The normalized spacial score (nSPS) is 15.3. The summed E-state index contributed by atoms with van der Waals surface area (Å²) in [6, 6.07) is 16.1. The van der Waals surface area contributed by atoms with Crippen LogP contribution in [0, 0.1) is 0 Å². The zero-order valence-electron chi connectivity index (χ0n) is 17.8. The average Bonchev–Trinajstić information content (AvgIpc) is 3.19.